The number of ether oxygens (including phenoxy) is 1. The molecule has 0 unspecified atom stereocenters. The summed E-state index contributed by atoms with van der Waals surface area (Å²) in [6.07, 6.45) is 6.29. The van der Waals surface area contributed by atoms with Gasteiger partial charge in [-0.3, -0.25) is 14.6 Å². The van der Waals surface area contributed by atoms with Gasteiger partial charge in [0.15, 0.2) is 0 Å². The number of piperazine rings is 1. The summed E-state index contributed by atoms with van der Waals surface area (Å²) < 4.78 is 5.90. The Hall–Kier alpha value is -2.89. The van der Waals surface area contributed by atoms with Crippen LogP contribution in [0.3, 0.4) is 0 Å². The van der Waals surface area contributed by atoms with E-state index < -0.39 is 0 Å². The largest absolute Gasteiger partial charge is 0.456 e. The van der Waals surface area contributed by atoms with Crippen LogP contribution in [0.5, 0.6) is 11.5 Å². The van der Waals surface area contributed by atoms with Crippen molar-refractivity contribution in [1.29, 1.82) is 0 Å². The standard InChI is InChI=1S/C23H27N3O3/c1-17-14-18(15-17)16-22(27)25-10-12-26(13-11-25)23(28)20-4-2-3-5-21(20)29-19-6-8-24-9-7-19/h2-9,17-18H,10-16H2,1H3. The minimum atomic E-state index is -0.0606. The van der Waals surface area contributed by atoms with Crippen LogP contribution in [0.2, 0.25) is 0 Å². The van der Waals surface area contributed by atoms with Crippen LogP contribution >= 0.6 is 0 Å². The van der Waals surface area contributed by atoms with Crippen molar-refractivity contribution in [3.63, 3.8) is 0 Å². The lowest BCUT2D eigenvalue weighted by Gasteiger charge is -2.37. The molecule has 2 aliphatic rings. The van der Waals surface area contributed by atoms with E-state index in [9.17, 15) is 9.59 Å². The van der Waals surface area contributed by atoms with E-state index in [1.165, 1.54) is 12.8 Å². The van der Waals surface area contributed by atoms with Crippen molar-refractivity contribution >= 4 is 11.8 Å². The van der Waals surface area contributed by atoms with Gasteiger partial charge in [-0.2, -0.15) is 0 Å². The maximum absolute atomic E-state index is 13.1. The van der Waals surface area contributed by atoms with E-state index in [0.717, 1.165) is 5.92 Å². The lowest BCUT2D eigenvalue weighted by Crippen LogP contribution is -2.51. The van der Waals surface area contributed by atoms with Crippen LogP contribution in [0, 0.1) is 11.8 Å². The molecule has 0 bridgehead atoms. The molecule has 152 valence electrons. The van der Waals surface area contributed by atoms with Gasteiger partial charge >= 0.3 is 0 Å². The highest BCUT2D eigenvalue weighted by molar-refractivity contribution is 5.97. The van der Waals surface area contributed by atoms with Crippen molar-refractivity contribution in [3.05, 3.63) is 54.4 Å². The zero-order valence-corrected chi connectivity index (χ0v) is 16.8. The molecule has 1 saturated carbocycles. The molecule has 2 heterocycles. The molecule has 0 radical (unpaired) electrons. The van der Waals surface area contributed by atoms with Crippen LogP contribution in [-0.4, -0.2) is 52.8 Å². The van der Waals surface area contributed by atoms with Crippen LogP contribution in [0.4, 0.5) is 0 Å². The summed E-state index contributed by atoms with van der Waals surface area (Å²) in [5, 5.41) is 0. The first-order valence-corrected chi connectivity index (χ1v) is 10.3. The number of carbonyl (C=O) groups excluding carboxylic acids is 2. The summed E-state index contributed by atoms with van der Waals surface area (Å²) >= 11 is 0. The molecule has 2 fully saturated rings. The van der Waals surface area contributed by atoms with Crippen molar-refractivity contribution in [2.75, 3.05) is 26.2 Å². The van der Waals surface area contributed by atoms with Crippen LogP contribution in [0.15, 0.2) is 48.8 Å². The third-order valence-electron chi connectivity index (χ3n) is 5.85. The molecular weight excluding hydrogens is 366 g/mol. The summed E-state index contributed by atoms with van der Waals surface area (Å²) in [6.45, 7) is 4.53. The highest BCUT2D eigenvalue weighted by Gasteiger charge is 2.31. The predicted octanol–water partition coefficient (Wildman–Crippen LogP) is 3.59. The number of hydrogen-bond donors (Lipinski definition) is 0. The first-order chi connectivity index (χ1) is 14.1. The maximum Gasteiger partial charge on any atom is 0.257 e. The maximum atomic E-state index is 13.1. The van der Waals surface area contributed by atoms with Crippen molar-refractivity contribution in [3.8, 4) is 11.5 Å². The summed E-state index contributed by atoms with van der Waals surface area (Å²) in [4.78, 5) is 33.3. The van der Waals surface area contributed by atoms with E-state index in [4.69, 9.17) is 4.74 Å². The normalized spacial score (nSPS) is 21.4. The smallest absolute Gasteiger partial charge is 0.257 e. The molecule has 6 nitrogen and oxygen atoms in total. The third-order valence-corrected chi connectivity index (χ3v) is 5.85. The zero-order chi connectivity index (χ0) is 20.2. The molecule has 1 saturated heterocycles. The van der Waals surface area contributed by atoms with Crippen LogP contribution < -0.4 is 4.74 Å². The zero-order valence-electron chi connectivity index (χ0n) is 16.8. The Bertz CT molecular complexity index is 857. The Kier molecular flexibility index (Phi) is 5.79. The molecule has 1 aromatic heterocycles. The van der Waals surface area contributed by atoms with Crippen LogP contribution in [0.1, 0.15) is 36.5 Å². The molecule has 6 heteroatoms. The van der Waals surface area contributed by atoms with E-state index in [2.05, 4.69) is 11.9 Å². The van der Waals surface area contributed by atoms with E-state index in [1.54, 1.807) is 36.7 Å². The van der Waals surface area contributed by atoms with Crippen molar-refractivity contribution in [1.82, 2.24) is 14.8 Å². The number of amides is 2. The Balaban J connectivity index is 1.35. The number of rotatable bonds is 5. The topological polar surface area (TPSA) is 62.7 Å². The van der Waals surface area contributed by atoms with Crippen molar-refractivity contribution < 1.29 is 14.3 Å². The average Bonchev–Trinajstić information content (AvgIpc) is 2.73. The molecule has 0 atom stereocenters. The number of carbonyl (C=O) groups is 2. The molecule has 29 heavy (non-hydrogen) atoms. The number of benzene rings is 1. The monoisotopic (exact) mass is 393 g/mol. The van der Waals surface area contributed by atoms with Crippen molar-refractivity contribution in [2.45, 2.75) is 26.2 Å². The van der Waals surface area contributed by atoms with Crippen LogP contribution in [0.25, 0.3) is 0 Å². The molecule has 2 amide bonds. The lowest BCUT2D eigenvalue weighted by atomic mass is 9.74. The van der Waals surface area contributed by atoms with Gasteiger partial charge in [0.2, 0.25) is 5.91 Å². The van der Waals surface area contributed by atoms with E-state index >= 15 is 0 Å². The lowest BCUT2D eigenvalue weighted by molar-refractivity contribution is -0.134. The van der Waals surface area contributed by atoms with Gasteiger partial charge in [-0.1, -0.05) is 19.1 Å². The highest BCUT2D eigenvalue weighted by atomic mass is 16.5. The average molecular weight is 393 g/mol. The Labute approximate surface area is 171 Å². The summed E-state index contributed by atoms with van der Waals surface area (Å²) in [5.41, 5.74) is 0.535. The first kappa shape index (κ1) is 19.4. The van der Waals surface area contributed by atoms with Crippen molar-refractivity contribution in [2.24, 2.45) is 11.8 Å². The van der Waals surface area contributed by atoms with Gasteiger partial charge in [-0.05, 0) is 48.9 Å². The fraction of sp³-hybridized carbons (Fsp3) is 0.435. The minimum Gasteiger partial charge on any atom is -0.456 e. The van der Waals surface area contributed by atoms with E-state index in [0.29, 0.717) is 55.6 Å². The summed E-state index contributed by atoms with van der Waals surface area (Å²) in [6, 6.07) is 10.8. The summed E-state index contributed by atoms with van der Waals surface area (Å²) in [5.74, 6) is 2.65. The van der Waals surface area contributed by atoms with E-state index in [-0.39, 0.29) is 11.8 Å². The number of para-hydroxylation sites is 1. The minimum absolute atomic E-state index is 0.0606. The SMILES string of the molecule is CC1CC(CC(=O)N2CCN(C(=O)c3ccccc3Oc3ccncc3)CC2)C1. The number of aromatic nitrogens is 1. The molecule has 1 aliphatic carbocycles. The molecule has 4 rings (SSSR count). The molecular formula is C23H27N3O3. The first-order valence-electron chi connectivity index (χ1n) is 10.3. The van der Waals surface area contributed by atoms with Gasteiger partial charge in [0.05, 0.1) is 5.56 Å². The fourth-order valence-electron chi connectivity index (χ4n) is 4.21. The Morgan fingerprint density at radius 3 is 2.34 bits per heavy atom. The predicted molar refractivity (Wildman–Crippen MR) is 110 cm³/mol. The van der Waals surface area contributed by atoms with Gasteiger partial charge in [0.1, 0.15) is 11.5 Å². The van der Waals surface area contributed by atoms with E-state index in [1.807, 2.05) is 21.9 Å². The quantitative estimate of drug-likeness (QED) is 0.779. The molecule has 0 spiro atoms. The second-order valence-electron chi connectivity index (χ2n) is 8.10. The number of nitrogens with zero attached hydrogens (tertiary/aromatic N) is 3. The van der Waals surface area contributed by atoms with Gasteiger partial charge < -0.3 is 14.5 Å². The van der Waals surface area contributed by atoms with Crippen LogP contribution in [-0.2, 0) is 4.79 Å². The third kappa shape index (κ3) is 4.58. The Morgan fingerprint density at radius 2 is 1.66 bits per heavy atom. The number of hydrogen-bond acceptors (Lipinski definition) is 4. The van der Waals surface area contributed by atoms with Gasteiger partial charge in [0.25, 0.3) is 5.91 Å². The second kappa shape index (κ2) is 8.64. The number of pyridine rings is 1. The second-order valence-corrected chi connectivity index (χ2v) is 8.10. The highest BCUT2D eigenvalue weighted by Crippen LogP contribution is 2.35. The Morgan fingerprint density at radius 1 is 1.00 bits per heavy atom. The summed E-state index contributed by atoms with van der Waals surface area (Å²) in [7, 11) is 0. The van der Waals surface area contributed by atoms with Gasteiger partial charge in [-0.25, -0.2) is 0 Å². The molecule has 1 aliphatic heterocycles. The fourth-order valence-corrected chi connectivity index (χ4v) is 4.21. The van der Waals surface area contributed by atoms with Gasteiger partial charge in [0, 0.05) is 45.0 Å². The van der Waals surface area contributed by atoms with Gasteiger partial charge in [-0.15, -0.1) is 0 Å². The molecule has 1 aromatic carbocycles. The molecule has 2 aromatic rings. The molecule has 0 N–H and O–H groups in total.